The molecular formula is C10H10BrNOS. The summed E-state index contributed by atoms with van der Waals surface area (Å²) >= 11 is 3.40. The van der Waals surface area contributed by atoms with Crippen LogP contribution < -0.4 is 0 Å². The Hall–Kier alpha value is -0.610. The molecule has 0 bridgehead atoms. The number of halogens is 1. The van der Waals surface area contributed by atoms with E-state index in [9.17, 15) is 4.21 Å². The Morgan fingerprint density at radius 2 is 2.14 bits per heavy atom. The van der Waals surface area contributed by atoms with Crippen molar-refractivity contribution in [3.8, 4) is 0 Å². The molecular weight excluding hydrogens is 262 g/mol. The predicted molar refractivity (Wildman–Crippen MR) is 62.6 cm³/mol. The zero-order chi connectivity index (χ0) is 10.3. The summed E-state index contributed by atoms with van der Waals surface area (Å²) < 4.78 is 17.3. The van der Waals surface area contributed by atoms with Gasteiger partial charge in [0.2, 0.25) is 0 Å². The molecule has 1 heterocycles. The fourth-order valence-corrected chi connectivity index (χ4v) is 3.51. The van der Waals surface area contributed by atoms with Crippen LogP contribution in [0, 0.1) is 0 Å². The number of fused-ring (bicyclic) bond motifs is 1. The van der Waals surface area contributed by atoms with Gasteiger partial charge in [0.1, 0.15) is 0 Å². The molecule has 14 heavy (non-hydrogen) atoms. The number of hydrogen-bond donors (Lipinski definition) is 0. The monoisotopic (exact) mass is 271 g/mol. The van der Waals surface area contributed by atoms with Gasteiger partial charge in [-0.05, 0) is 36.8 Å². The van der Waals surface area contributed by atoms with Crippen LogP contribution in [-0.4, -0.2) is 10.5 Å². The van der Waals surface area contributed by atoms with Crippen molar-refractivity contribution in [1.29, 1.82) is 0 Å². The summed E-state index contributed by atoms with van der Waals surface area (Å²) in [5.74, 6) is 0. The lowest BCUT2D eigenvalue weighted by Crippen LogP contribution is -2.04. The Labute approximate surface area is 92.3 Å². The summed E-state index contributed by atoms with van der Waals surface area (Å²) in [6, 6.07) is 5.73. The maximum Gasteiger partial charge on any atom is 0.0774 e. The SMILES string of the molecule is CC1=Cc2cc(Br)ccc2S(C)(=O)=N1. The molecule has 2 nitrogen and oxygen atoms in total. The molecule has 0 saturated heterocycles. The van der Waals surface area contributed by atoms with Crippen molar-refractivity contribution in [3.63, 3.8) is 0 Å². The lowest BCUT2D eigenvalue weighted by Gasteiger charge is -2.13. The van der Waals surface area contributed by atoms with E-state index in [0.29, 0.717) is 0 Å². The molecule has 0 aromatic heterocycles. The third kappa shape index (κ3) is 1.64. The standard InChI is InChI=1S/C10H10BrNOS/c1-7-5-8-6-9(11)3-4-10(8)14(2,13)12-7/h3-6H,1-2H3. The molecule has 1 aromatic carbocycles. The molecule has 1 aliphatic rings. The van der Waals surface area contributed by atoms with Crippen LogP contribution in [0.1, 0.15) is 12.5 Å². The number of rotatable bonds is 0. The number of benzene rings is 1. The highest BCUT2D eigenvalue weighted by atomic mass is 79.9. The van der Waals surface area contributed by atoms with Gasteiger partial charge in [0.15, 0.2) is 0 Å². The number of nitrogens with zero attached hydrogens (tertiary/aromatic N) is 1. The summed E-state index contributed by atoms with van der Waals surface area (Å²) in [5.41, 5.74) is 1.82. The summed E-state index contributed by atoms with van der Waals surface area (Å²) in [7, 11) is -2.22. The predicted octanol–water partition coefficient (Wildman–Crippen LogP) is 3.28. The van der Waals surface area contributed by atoms with E-state index >= 15 is 0 Å². The molecule has 2 rings (SSSR count). The van der Waals surface area contributed by atoms with Crippen molar-refractivity contribution < 1.29 is 4.21 Å². The quantitative estimate of drug-likeness (QED) is 0.712. The fraction of sp³-hybridized carbons (Fsp3) is 0.200. The zero-order valence-electron chi connectivity index (χ0n) is 7.95. The third-order valence-electron chi connectivity index (χ3n) is 2.06. The van der Waals surface area contributed by atoms with Crippen LogP contribution in [0.2, 0.25) is 0 Å². The minimum absolute atomic E-state index is 0.822. The molecule has 1 aromatic rings. The Bertz CT molecular complexity index is 539. The minimum Gasteiger partial charge on any atom is -0.245 e. The maximum absolute atomic E-state index is 12.1. The second kappa shape index (κ2) is 3.21. The third-order valence-corrected chi connectivity index (χ3v) is 4.38. The summed E-state index contributed by atoms with van der Waals surface area (Å²) in [6.07, 6.45) is 3.63. The molecule has 1 aliphatic heterocycles. The van der Waals surface area contributed by atoms with Gasteiger partial charge in [0.25, 0.3) is 0 Å². The first kappa shape index (κ1) is 9.93. The van der Waals surface area contributed by atoms with Gasteiger partial charge < -0.3 is 0 Å². The first-order valence-corrected chi connectivity index (χ1v) is 6.91. The highest BCUT2D eigenvalue weighted by Gasteiger charge is 2.15. The molecule has 0 spiro atoms. The van der Waals surface area contributed by atoms with E-state index in [1.165, 1.54) is 0 Å². The van der Waals surface area contributed by atoms with Crippen LogP contribution in [0.3, 0.4) is 0 Å². The molecule has 0 radical (unpaired) electrons. The van der Waals surface area contributed by atoms with Crippen LogP contribution >= 0.6 is 15.9 Å². The first-order valence-electron chi connectivity index (χ1n) is 4.19. The van der Waals surface area contributed by atoms with Gasteiger partial charge in [-0.3, -0.25) is 0 Å². The average Bonchev–Trinajstić information content (AvgIpc) is 2.00. The summed E-state index contributed by atoms with van der Waals surface area (Å²) in [4.78, 5) is 0.825. The van der Waals surface area contributed by atoms with E-state index in [0.717, 1.165) is 20.6 Å². The van der Waals surface area contributed by atoms with Gasteiger partial charge in [-0.15, -0.1) is 0 Å². The van der Waals surface area contributed by atoms with Crippen molar-refractivity contribution in [2.24, 2.45) is 4.36 Å². The summed E-state index contributed by atoms with van der Waals surface area (Å²) in [5, 5.41) is 0. The zero-order valence-corrected chi connectivity index (χ0v) is 10.4. The fourth-order valence-electron chi connectivity index (χ4n) is 1.55. The van der Waals surface area contributed by atoms with Crippen LogP contribution in [-0.2, 0) is 9.73 Å². The molecule has 4 heteroatoms. The van der Waals surface area contributed by atoms with E-state index in [2.05, 4.69) is 20.3 Å². The molecule has 0 aliphatic carbocycles. The van der Waals surface area contributed by atoms with Crippen LogP contribution in [0.25, 0.3) is 6.08 Å². The number of hydrogen-bond acceptors (Lipinski definition) is 2. The molecule has 0 N–H and O–H groups in total. The van der Waals surface area contributed by atoms with E-state index in [4.69, 9.17) is 0 Å². The smallest absolute Gasteiger partial charge is 0.0774 e. The van der Waals surface area contributed by atoms with Gasteiger partial charge in [0, 0.05) is 16.4 Å². The van der Waals surface area contributed by atoms with Crippen LogP contribution in [0.5, 0.6) is 0 Å². The summed E-state index contributed by atoms with van der Waals surface area (Å²) in [6.45, 7) is 1.87. The van der Waals surface area contributed by atoms with Gasteiger partial charge in [-0.2, -0.15) is 0 Å². The van der Waals surface area contributed by atoms with E-state index in [1.807, 2.05) is 31.2 Å². The number of allylic oxidation sites excluding steroid dienone is 1. The molecule has 0 fully saturated rings. The van der Waals surface area contributed by atoms with Crippen molar-refractivity contribution in [3.05, 3.63) is 33.9 Å². The Morgan fingerprint density at radius 1 is 1.43 bits per heavy atom. The lowest BCUT2D eigenvalue weighted by atomic mass is 10.2. The topological polar surface area (TPSA) is 29.4 Å². The second-order valence-electron chi connectivity index (χ2n) is 3.36. The molecule has 0 saturated carbocycles. The second-order valence-corrected chi connectivity index (χ2v) is 6.50. The highest BCUT2D eigenvalue weighted by molar-refractivity contribution is 9.10. The van der Waals surface area contributed by atoms with Gasteiger partial charge in [-0.1, -0.05) is 15.9 Å². The minimum atomic E-state index is -2.22. The van der Waals surface area contributed by atoms with Crippen molar-refractivity contribution in [2.45, 2.75) is 11.8 Å². The Balaban J connectivity index is 2.81. The van der Waals surface area contributed by atoms with E-state index < -0.39 is 9.73 Å². The van der Waals surface area contributed by atoms with E-state index in [-0.39, 0.29) is 0 Å². The van der Waals surface area contributed by atoms with Crippen LogP contribution in [0.4, 0.5) is 0 Å². The highest BCUT2D eigenvalue weighted by Crippen LogP contribution is 2.28. The van der Waals surface area contributed by atoms with Gasteiger partial charge >= 0.3 is 0 Å². The van der Waals surface area contributed by atoms with Gasteiger partial charge in [0.05, 0.1) is 14.6 Å². The molecule has 0 amide bonds. The van der Waals surface area contributed by atoms with Gasteiger partial charge in [-0.25, -0.2) is 8.57 Å². The van der Waals surface area contributed by atoms with Crippen molar-refractivity contribution >= 4 is 31.7 Å². The normalized spacial score (nSPS) is 24.9. The average molecular weight is 272 g/mol. The van der Waals surface area contributed by atoms with E-state index in [1.54, 1.807) is 6.26 Å². The first-order chi connectivity index (χ1) is 6.49. The van der Waals surface area contributed by atoms with Crippen LogP contribution in [0.15, 0.2) is 37.6 Å². The molecule has 1 atom stereocenters. The van der Waals surface area contributed by atoms with Crippen molar-refractivity contribution in [1.82, 2.24) is 0 Å². The molecule has 74 valence electrons. The van der Waals surface area contributed by atoms with Crippen molar-refractivity contribution in [2.75, 3.05) is 6.26 Å². The maximum atomic E-state index is 12.1. The lowest BCUT2D eigenvalue weighted by molar-refractivity contribution is 0.679. The Kier molecular flexibility index (Phi) is 2.27. The largest absolute Gasteiger partial charge is 0.245 e. The Morgan fingerprint density at radius 3 is 2.86 bits per heavy atom. The molecule has 1 unspecified atom stereocenters.